The molecular weight excluding hydrogens is 294 g/mol. The third-order valence-corrected chi connectivity index (χ3v) is 4.91. The van der Waals surface area contributed by atoms with E-state index < -0.39 is 0 Å². The van der Waals surface area contributed by atoms with Crippen molar-refractivity contribution in [2.75, 3.05) is 11.9 Å². The summed E-state index contributed by atoms with van der Waals surface area (Å²) in [5.41, 5.74) is 4.11. The van der Waals surface area contributed by atoms with Crippen LogP contribution in [0.25, 0.3) is 26.8 Å². The quantitative estimate of drug-likeness (QED) is 0.757. The van der Waals surface area contributed by atoms with Crippen molar-refractivity contribution in [1.82, 2.24) is 19.9 Å². The van der Waals surface area contributed by atoms with Gasteiger partial charge in [0.15, 0.2) is 11.6 Å². The first-order valence-electron chi connectivity index (χ1n) is 7.12. The SMILES string of the molecule is C=C1CCNc2nc(-c3sc(-c4cccnc4)nc3C)[nH]c21. The van der Waals surface area contributed by atoms with Crippen LogP contribution >= 0.6 is 11.3 Å². The number of imidazole rings is 1. The van der Waals surface area contributed by atoms with Gasteiger partial charge in [0.05, 0.1) is 16.3 Å². The Kier molecular flexibility index (Phi) is 3.04. The topological polar surface area (TPSA) is 66.5 Å². The zero-order chi connectivity index (χ0) is 15.1. The number of H-pyrrole nitrogens is 1. The van der Waals surface area contributed by atoms with Crippen LogP contribution in [0.4, 0.5) is 5.82 Å². The van der Waals surface area contributed by atoms with Gasteiger partial charge in [-0.05, 0) is 31.1 Å². The molecule has 0 spiro atoms. The molecule has 4 rings (SSSR count). The summed E-state index contributed by atoms with van der Waals surface area (Å²) in [4.78, 5) is 17.9. The number of aromatic nitrogens is 4. The zero-order valence-corrected chi connectivity index (χ0v) is 13.0. The van der Waals surface area contributed by atoms with Gasteiger partial charge in [-0.1, -0.05) is 6.58 Å². The lowest BCUT2D eigenvalue weighted by Gasteiger charge is -2.13. The first-order chi connectivity index (χ1) is 10.7. The fourth-order valence-electron chi connectivity index (χ4n) is 2.55. The molecule has 0 radical (unpaired) electrons. The highest BCUT2D eigenvalue weighted by Crippen LogP contribution is 2.36. The minimum Gasteiger partial charge on any atom is -0.368 e. The molecule has 0 aromatic carbocycles. The molecule has 0 saturated carbocycles. The van der Waals surface area contributed by atoms with E-state index in [1.54, 1.807) is 17.5 Å². The van der Waals surface area contributed by atoms with Crippen molar-refractivity contribution in [2.24, 2.45) is 0 Å². The maximum Gasteiger partial charge on any atom is 0.152 e. The zero-order valence-electron chi connectivity index (χ0n) is 12.2. The van der Waals surface area contributed by atoms with Crippen LogP contribution in [-0.4, -0.2) is 26.5 Å². The molecular formula is C16H15N5S. The Morgan fingerprint density at radius 3 is 3.00 bits per heavy atom. The lowest BCUT2D eigenvalue weighted by molar-refractivity contribution is 1.03. The number of aryl methyl sites for hydroxylation is 1. The van der Waals surface area contributed by atoms with Crippen LogP contribution in [0.15, 0.2) is 31.1 Å². The van der Waals surface area contributed by atoms with Crippen molar-refractivity contribution in [3.8, 4) is 21.3 Å². The monoisotopic (exact) mass is 309 g/mol. The molecule has 3 aromatic rings. The number of nitrogens with zero attached hydrogens (tertiary/aromatic N) is 3. The number of thiazole rings is 1. The Balaban J connectivity index is 1.78. The molecule has 110 valence electrons. The Morgan fingerprint density at radius 2 is 2.23 bits per heavy atom. The number of aromatic amines is 1. The van der Waals surface area contributed by atoms with Gasteiger partial charge in [0.2, 0.25) is 0 Å². The number of nitrogens with one attached hydrogen (secondary N) is 2. The highest BCUT2D eigenvalue weighted by Gasteiger charge is 2.20. The number of rotatable bonds is 2. The third-order valence-electron chi connectivity index (χ3n) is 3.70. The summed E-state index contributed by atoms with van der Waals surface area (Å²) < 4.78 is 0. The lowest BCUT2D eigenvalue weighted by Crippen LogP contribution is -2.09. The van der Waals surface area contributed by atoms with E-state index in [4.69, 9.17) is 0 Å². The Bertz CT molecular complexity index is 847. The number of pyridine rings is 1. The van der Waals surface area contributed by atoms with E-state index in [1.165, 1.54) is 0 Å². The summed E-state index contributed by atoms with van der Waals surface area (Å²) in [6.07, 6.45) is 4.54. The first-order valence-corrected chi connectivity index (χ1v) is 7.94. The number of anilines is 1. The van der Waals surface area contributed by atoms with Crippen LogP contribution in [0.5, 0.6) is 0 Å². The summed E-state index contributed by atoms with van der Waals surface area (Å²) >= 11 is 1.63. The molecule has 0 unspecified atom stereocenters. The smallest absolute Gasteiger partial charge is 0.152 e. The molecule has 22 heavy (non-hydrogen) atoms. The molecule has 2 N–H and O–H groups in total. The van der Waals surface area contributed by atoms with Crippen LogP contribution in [0.1, 0.15) is 17.8 Å². The number of hydrogen-bond donors (Lipinski definition) is 2. The molecule has 1 aliphatic heterocycles. The second-order valence-electron chi connectivity index (χ2n) is 5.26. The van der Waals surface area contributed by atoms with Gasteiger partial charge in [0.25, 0.3) is 0 Å². The van der Waals surface area contributed by atoms with Crippen LogP contribution in [0.3, 0.4) is 0 Å². The van der Waals surface area contributed by atoms with Crippen molar-refractivity contribution in [3.63, 3.8) is 0 Å². The molecule has 0 atom stereocenters. The standard InChI is InChI=1S/C16H15N5S/c1-9-5-7-18-14-12(9)20-15(21-14)13-10(2)19-16(22-13)11-4-3-6-17-8-11/h3-4,6,8,18H,1,5,7H2,2H3,(H,20,21). The van der Waals surface area contributed by atoms with E-state index >= 15 is 0 Å². The van der Waals surface area contributed by atoms with E-state index in [-0.39, 0.29) is 0 Å². The molecule has 0 fully saturated rings. The van der Waals surface area contributed by atoms with Crippen molar-refractivity contribution in [2.45, 2.75) is 13.3 Å². The molecule has 6 heteroatoms. The normalized spacial score (nSPS) is 13.8. The first kappa shape index (κ1) is 13.2. The highest BCUT2D eigenvalue weighted by molar-refractivity contribution is 7.18. The van der Waals surface area contributed by atoms with Crippen molar-refractivity contribution < 1.29 is 0 Å². The van der Waals surface area contributed by atoms with Gasteiger partial charge in [-0.15, -0.1) is 11.3 Å². The van der Waals surface area contributed by atoms with Crippen molar-refractivity contribution >= 4 is 22.7 Å². The van der Waals surface area contributed by atoms with Gasteiger partial charge in [-0.25, -0.2) is 9.97 Å². The largest absolute Gasteiger partial charge is 0.368 e. The van der Waals surface area contributed by atoms with Crippen LogP contribution in [0, 0.1) is 6.92 Å². The average Bonchev–Trinajstić information content (AvgIpc) is 3.12. The second kappa shape index (κ2) is 5.06. The minimum atomic E-state index is 0.852. The van der Waals surface area contributed by atoms with E-state index in [0.717, 1.165) is 57.0 Å². The maximum absolute atomic E-state index is 4.67. The van der Waals surface area contributed by atoms with Crippen LogP contribution in [0.2, 0.25) is 0 Å². The summed E-state index contributed by atoms with van der Waals surface area (Å²) in [5.74, 6) is 1.74. The minimum absolute atomic E-state index is 0.852. The van der Waals surface area contributed by atoms with E-state index in [0.29, 0.717) is 0 Å². The fraction of sp³-hybridized carbons (Fsp3) is 0.188. The second-order valence-corrected chi connectivity index (χ2v) is 6.26. The van der Waals surface area contributed by atoms with Gasteiger partial charge < -0.3 is 10.3 Å². The maximum atomic E-state index is 4.67. The summed E-state index contributed by atoms with van der Waals surface area (Å²) in [7, 11) is 0. The summed E-state index contributed by atoms with van der Waals surface area (Å²) in [6, 6.07) is 3.94. The predicted molar refractivity (Wildman–Crippen MR) is 89.8 cm³/mol. The highest BCUT2D eigenvalue weighted by atomic mass is 32.1. The Morgan fingerprint density at radius 1 is 1.32 bits per heavy atom. The molecule has 3 aromatic heterocycles. The fourth-order valence-corrected chi connectivity index (χ4v) is 3.55. The van der Waals surface area contributed by atoms with Gasteiger partial charge >= 0.3 is 0 Å². The van der Waals surface area contributed by atoms with Crippen LogP contribution in [-0.2, 0) is 0 Å². The van der Waals surface area contributed by atoms with Gasteiger partial charge in [0.1, 0.15) is 5.01 Å². The van der Waals surface area contributed by atoms with E-state index in [9.17, 15) is 0 Å². The molecule has 5 nitrogen and oxygen atoms in total. The van der Waals surface area contributed by atoms with Crippen molar-refractivity contribution in [3.05, 3.63) is 42.5 Å². The summed E-state index contributed by atoms with van der Waals surface area (Å²) in [5, 5.41) is 4.27. The Labute approximate surface area is 132 Å². The van der Waals surface area contributed by atoms with E-state index in [1.807, 2.05) is 25.3 Å². The number of fused-ring (bicyclic) bond motifs is 1. The Hall–Kier alpha value is -2.47. The molecule has 0 aliphatic carbocycles. The van der Waals surface area contributed by atoms with Gasteiger partial charge in [0, 0.05) is 24.5 Å². The van der Waals surface area contributed by atoms with Crippen molar-refractivity contribution in [1.29, 1.82) is 0 Å². The van der Waals surface area contributed by atoms with Gasteiger partial charge in [-0.2, -0.15) is 0 Å². The third kappa shape index (κ3) is 2.12. The number of hydrogen-bond acceptors (Lipinski definition) is 5. The molecule has 0 bridgehead atoms. The molecule has 4 heterocycles. The molecule has 0 saturated heterocycles. The molecule has 0 amide bonds. The average molecular weight is 309 g/mol. The summed E-state index contributed by atoms with van der Waals surface area (Å²) in [6.45, 7) is 7.00. The van der Waals surface area contributed by atoms with Crippen LogP contribution < -0.4 is 5.32 Å². The van der Waals surface area contributed by atoms with Gasteiger partial charge in [-0.3, -0.25) is 4.98 Å². The molecule has 1 aliphatic rings. The van der Waals surface area contributed by atoms with E-state index in [2.05, 4.69) is 31.8 Å². The predicted octanol–water partition coefficient (Wildman–Crippen LogP) is 3.73. The lowest BCUT2D eigenvalue weighted by atomic mass is 10.1.